The molecule has 4 nitrogen and oxygen atoms in total. The number of ether oxygens (including phenoxy) is 1. The fourth-order valence-corrected chi connectivity index (χ4v) is 2.38. The molecule has 1 saturated heterocycles. The van der Waals surface area contributed by atoms with Gasteiger partial charge in [0.15, 0.2) is 0 Å². The minimum absolute atomic E-state index is 0.196. The number of hydrogen-bond acceptors (Lipinski definition) is 4. The number of anilines is 1. The van der Waals surface area contributed by atoms with Gasteiger partial charge in [0.1, 0.15) is 11.6 Å². The predicted octanol–water partition coefficient (Wildman–Crippen LogP) is 1.72. The zero-order chi connectivity index (χ0) is 13.0. The Balaban J connectivity index is 2.15. The number of halogens is 1. The van der Waals surface area contributed by atoms with Gasteiger partial charge in [0.05, 0.1) is 18.9 Å². The smallest absolute Gasteiger partial charge is 0.142 e. The van der Waals surface area contributed by atoms with Crippen LogP contribution in [0.4, 0.5) is 10.2 Å². The average molecular weight is 254 g/mol. The van der Waals surface area contributed by atoms with Gasteiger partial charge in [0, 0.05) is 25.3 Å². The van der Waals surface area contributed by atoms with Crippen LogP contribution in [-0.4, -0.2) is 35.9 Å². The van der Waals surface area contributed by atoms with Crippen LogP contribution in [0.1, 0.15) is 25.3 Å². The lowest BCUT2D eigenvalue weighted by atomic mass is 10.1. The van der Waals surface area contributed by atoms with E-state index < -0.39 is 5.82 Å². The molecule has 1 atom stereocenters. The SMILES string of the molecule is CCOC1CCCN(c2ncc(F)cc2CO)C1. The molecule has 100 valence electrons. The number of rotatable bonds is 4. The summed E-state index contributed by atoms with van der Waals surface area (Å²) in [6, 6.07) is 1.34. The fraction of sp³-hybridized carbons (Fsp3) is 0.615. The van der Waals surface area contributed by atoms with E-state index in [9.17, 15) is 9.50 Å². The lowest BCUT2D eigenvalue weighted by Gasteiger charge is -2.34. The Labute approximate surface area is 106 Å². The van der Waals surface area contributed by atoms with E-state index in [1.807, 2.05) is 6.92 Å². The van der Waals surface area contributed by atoms with E-state index in [2.05, 4.69) is 9.88 Å². The van der Waals surface area contributed by atoms with Crippen molar-refractivity contribution in [2.45, 2.75) is 32.5 Å². The zero-order valence-electron chi connectivity index (χ0n) is 10.6. The summed E-state index contributed by atoms with van der Waals surface area (Å²) >= 11 is 0. The molecule has 2 rings (SSSR count). The number of aliphatic hydroxyl groups excluding tert-OH is 1. The normalized spacial score (nSPS) is 20.2. The second kappa shape index (κ2) is 6.11. The van der Waals surface area contributed by atoms with Crippen molar-refractivity contribution in [3.05, 3.63) is 23.6 Å². The van der Waals surface area contributed by atoms with E-state index in [0.29, 0.717) is 18.0 Å². The van der Waals surface area contributed by atoms with E-state index in [1.54, 1.807) is 0 Å². The van der Waals surface area contributed by atoms with Gasteiger partial charge in [0.25, 0.3) is 0 Å². The Hall–Kier alpha value is -1.20. The Morgan fingerprint density at radius 1 is 1.61 bits per heavy atom. The topological polar surface area (TPSA) is 45.6 Å². The Morgan fingerprint density at radius 2 is 2.44 bits per heavy atom. The lowest BCUT2D eigenvalue weighted by molar-refractivity contribution is 0.0524. The molecule has 1 aliphatic heterocycles. The third-order valence-corrected chi connectivity index (χ3v) is 3.16. The summed E-state index contributed by atoms with van der Waals surface area (Å²) in [6.45, 7) is 4.10. The van der Waals surface area contributed by atoms with Crippen LogP contribution in [0.3, 0.4) is 0 Å². The van der Waals surface area contributed by atoms with Crippen LogP contribution in [0.2, 0.25) is 0 Å². The molecular formula is C13H19FN2O2. The first-order chi connectivity index (χ1) is 8.74. The molecule has 0 spiro atoms. The Kier molecular flexibility index (Phi) is 4.49. The standard InChI is InChI=1S/C13H19FN2O2/c1-2-18-12-4-3-5-16(8-12)13-10(9-17)6-11(14)7-15-13/h6-7,12,17H,2-5,8-9H2,1H3. The summed E-state index contributed by atoms with van der Waals surface area (Å²) in [5.41, 5.74) is 0.534. The lowest BCUT2D eigenvalue weighted by Crippen LogP contribution is -2.40. The number of pyridine rings is 1. The number of hydrogen-bond donors (Lipinski definition) is 1. The summed E-state index contributed by atoms with van der Waals surface area (Å²) in [4.78, 5) is 6.17. The molecule has 2 heterocycles. The van der Waals surface area contributed by atoms with Crippen molar-refractivity contribution >= 4 is 5.82 Å². The third-order valence-electron chi connectivity index (χ3n) is 3.16. The molecule has 1 aliphatic rings. The molecule has 18 heavy (non-hydrogen) atoms. The van der Waals surface area contributed by atoms with Crippen LogP contribution >= 0.6 is 0 Å². The first kappa shape index (κ1) is 13.2. The minimum atomic E-state index is -0.416. The maximum Gasteiger partial charge on any atom is 0.142 e. The van der Waals surface area contributed by atoms with Gasteiger partial charge in [-0.15, -0.1) is 0 Å². The van der Waals surface area contributed by atoms with Gasteiger partial charge < -0.3 is 14.7 Å². The molecule has 0 aliphatic carbocycles. The molecular weight excluding hydrogens is 235 g/mol. The maximum absolute atomic E-state index is 13.1. The molecule has 1 aromatic heterocycles. The van der Waals surface area contributed by atoms with Gasteiger partial charge in [-0.05, 0) is 25.8 Å². The second-order valence-electron chi connectivity index (χ2n) is 4.46. The van der Waals surface area contributed by atoms with E-state index in [-0.39, 0.29) is 12.7 Å². The summed E-state index contributed by atoms with van der Waals surface area (Å²) in [6.07, 6.45) is 3.45. The molecule has 5 heteroatoms. The van der Waals surface area contributed by atoms with Gasteiger partial charge in [-0.25, -0.2) is 9.37 Å². The molecule has 1 unspecified atom stereocenters. The summed E-state index contributed by atoms with van der Waals surface area (Å²) in [5.74, 6) is 0.254. The fourth-order valence-electron chi connectivity index (χ4n) is 2.38. The molecule has 1 N–H and O–H groups in total. The van der Waals surface area contributed by atoms with Crippen molar-refractivity contribution < 1.29 is 14.2 Å². The Morgan fingerprint density at radius 3 is 3.17 bits per heavy atom. The van der Waals surface area contributed by atoms with Crippen LogP contribution in [0, 0.1) is 5.82 Å². The first-order valence-corrected chi connectivity index (χ1v) is 6.36. The van der Waals surface area contributed by atoms with Crippen LogP contribution in [-0.2, 0) is 11.3 Å². The molecule has 0 bridgehead atoms. The monoisotopic (exact) mass is 254 g/mol. The van der Waals surface area contributed by atoms with Gasteiger partial charge in [-0.2, -0.15) is 0 Å². The van der Waals surface area contributed by atoms with E-state index in [1.165, 1.54) is 12.3 Å². The second-order valence-corrected chi connectivity index (χ2v) is 4.46. The highest BCUT2D eigenvalue weighted by Gasteiger charge is 2.22. The van der Waals surface area contributed by atoms with Crippen molar-refractivity contribution in [1.29, 1.82) is 0 Å². The highest BCUT2D eigenvalue weighted by atomic mass is 19.1. The van der Waals surface area contributed by atoms with Crippen molar-refractivity contribution in [3.63, 3.8) is 0 Å². The highest BCUT2D eigenvalue weighted by molar-refractivity contribution is 5.47. The number of aromatic nitrogens is 1. The molecule has 0 aromatic carbocycles. The summed E-state index contributed by atoms with van der Waals surface area (Å²) in [7, 11) is 0. The van der Waals surface area contributed by atoms with Gasteiger partial charge >= 0.3 is 0 Å². The Bertz CT molecular complexity index is 399. The summed E-state index contributed by atoms with van der Waals surface area (Å²) in [5, 5.41) is 9.28. The van der Waals surface area contributed by atoms with E-state index >= 15 is 0 Å². The zero-order valence-corrected chi connectivity index (χ0v) is 10.6. The quantitative estimate of drug-likeness (QED) is 0.888. The molecule has 0 radical (unpaired) electrons. The van der Waals surface area contributed by atoms with E-state index in [0.717, 1.165) is 25.9 Å². The number of piperidine rings is 1. The van der Waals surface area contributed by atoms with Crippen LogP contribution in [0.25, 0.3) is 0 Å². The van der Waals surface area contributed by atoms with E-state index in [4.69, 9.17) is 4.74 Å². The van der Waals surface area contributed by atoms with Crippen molar-refractivity contribution in [1.82, 2.24) is 4.98 Å². The third kappa shape index (κ3) is 2.97. The number of nitrogens with zero attached hydrogens (tertiary/aromatic N) is 2. The molecule has 0 saturated carbocycles. The largest absolute Gasteiger partial charge is 0.392 e. The predicted molar refractivity (Wildman–Crippen MR) is 67.0 cm³/mol. The first-order valence-electron chi connectivity index (χ1n) is 6.36. The van der Waals surface area contributed by atoms with Crippen LogP contribution in [0.15, 0.2) is 12.3 Å². The van der Waals surface area contributed by atoms with Crippen molar-refractivity contribution in [2.24, 2.45) is 0 Å². The van der Waals surface area contributed by atoms with Gasteiger partial charge in [-0.1, -0.05) is 0 Å². The van der Waals surface area contributed by atoms with Crippen molar-refractivity contribution in [3.8, 4) is 0 Å². The van der Waals surface area contributed by atoms with Crippen LogP contribution in [0.5, 0.6) is 0 Å². The number of aliphatic hydroxyl groups is 1. The molecule has 1 fully saturated rings. The highest BCUT2D eigenvalue weighted by Crippen LogP contribution is 2.23. The summed E-state index contributed by atoms with van der Waals surface area (Å²) < 4.78 is 18.7. The van der Waals surface area contributed by atoms with Gasteiger partial charge in [0.2, 0.25) is 0 Å². The van der Waals surface area contributed by atoms with Gasteiger partial charge in [-0.3, -0.25) is 0 Å². The van der Waals surface area contributed by atoms with Crippen LogP contribution < -0.4 is 4.90 Å². The van der Waals surface area contributed by atoms with Crippen molar-refractivity contribution in [2.75, 3.05) is 24.6 Å². The minimum Gasteiger partial charge on any atom is -0.392 e. The molecule has 1 aromatic rings. The maximum atomic E-state index is 13.1. The average Bonchev–Trinajstić information content (AvgIpc) is 2.39. The molecule has 0 amide bonds.